The number of rotatable bonds is 8. The van der Waals surface area contributed by atoms with Gasteiger partial charge < -0.3 is 9.32 Å². The Bertz CT molecular complexity index is 1060. The second-order valence-electron chi connectivity index (χ2n) is 7.17. The quantitative estimate of drug-likeness (QED) is 0.535. The number of nitrogens with zero attached hydrogens (tertiary/aromatic N) is 2. The average molecular weight is 427 g/mol. The van der Waals surface area contributed by atoms with E-state index in [0.717, 1.165) is 5.56 Å². The first-order valence-electron chi connectivity index (χ1n) is 9.74. The summed E-state index contributed by atoms with van der Waals surface area (Å²) >= 11 is 0. The summed E-state index contributed by atoms with van der Waals surface area (Å²) in [6, 6.07) is 18.9. The van der Waals surface area contributed by atoms with E-state index in [9.17, 15) is 13.2 Å². The molecule has 7 heteroatoms. The highest BCUT2D eigenvalue weighted by molar-refractivity contribution is 7.92. The molecule has 0 radical (unpaired) electrons. The summed E-state index contributed by atoms with van der Waals surface area (Å²) in [6.45, 7) is 3.81. The fourth-order valence-electron chi connectivity index (χ4n) is 3.13. The van der Waals surface area contributed by atoms with E-state index in [4.69, 9.17) is 4.42 Å². The van der Waals surface area contributed by atoms with Crippen LogP contribution in [0.1, 0.15) is 30.7 Å². The zero-order valence-electron chi connectivity index (χ0n) is 17.4. The van der Waals surface area contributed by atoms with Crippen molar-refractivity contribution in [2.75, 3.05) is 17.9 Å². The van der Waals surface area contributed by atoms with Gasteiger partial charge in [0.2, 0.25) is 5.91 Å². The summed E-state index contributed by atoms with van der Waals surface area (Å²) in [5.74, 6) is 0.511. The Morgan fingerprint density at radius 1 is 1.00 bits per heavy atom. The lowest BCUT2D eigenvalue weighted by molar-refractivity contribution is -0.131. The minimum atomic E-state index is -3.81. The van der Waals surface area contributed by atoms with Gasteiger partial charge in [-0.2, -0.15) is 0 Å². The van der Waals surface area contributed by atoms with Gasteiger partial charge in [0.05, 0.1) is 22.9 Å². The van der Waals surface area contributed by atoms with Crippen LogP contribution in [0.2, 0.25) is 0 Å². The monoisotopic (exact) mass is 426 g/mol. The number of anilines is 1. The molecular formula is C23H26N2O4S. The van der Waals surface area contributed by atoms with Crippen LogP contribution >= 0.6 is 0 Å². The first kappa shape index (κ1) is 21.6. The van der Waals surface area contributed by atoms with Crippen LogP contribution in [0.25, 0.3) is 0 Å². The van der Waals surface area contributed by atoms with Crippen LogP contribution in [-0.2, 0) is 14.8 Å². The molecule has 0 N–H and O–H groups in total. The molecule has 0 aliphatic rings. The molecule has 0 aliphatic carbocycles. The molecule has 0 saturated carbocycles. The molecule has 1 atom stereocenters. The van der Waals surface area contributed by atoms with Gasteiger partial charge in [0, 0.05) is 20.0 Å². The predicted octanol–water partition coefficient (Wildman–Crippen LogP) is 4.39. The lowest BCUT2D eigenvalue weighted by Gasteiger charge is -2.27. The molecule has 1 amide bonds. The first-order valence-corrected chi connectivity index (χ1v) is 11.2. The van der Waals surface area contributed by atoms with Crippen molar-refractivity contribution in [1.82, 2.24) is 4.90 Å². The van der Waals surface area contributed by atoms with Crippen LogP contribution < -0.4 is 4.31 Å². The van der Waals surface area contributed by atoms with Crippen LogP contribution in [0, 0.1) is 6.92 Å². The maximum Gasteiger partial charge on any atom is 0.264 e. The molecule has 0 bridgehead atoms. The number of furan rings is 1. The molecule has 0 spiro atoms. The third-order valence-corrected chi connectivity index (χ3v) is 6.95. The van der Waals surface area contributed by atoms with E-state index in [-0.39, 0.29) is 29.8 Å². The molecule has 0 saturated heterocycles. The van der Waals surface area contributed by atoms with E-state index >= 15 is 0 Å². The third kappa shape index (κ3) is 4.74. The number of amides is 1. The van der Waals surface area contributed by atoms with E-state index in [2.05, 4.69) is 0 Å². The minimum absolute atomic E-state index is 0.0360. The van der Waals surface area contributed by atoms with Gasteiger partial charge in [-0.1, -0.05) is 35.9 Å². The average Bonchev–Trinajstić information content (AvgIpc) is 3.28. The van der Waals surface area contributed by atoms with E-state index < -0.39 is 10.0 Å². The maximum absolute atomic E-state index is 13.3. The summed E-state index contributed by atoms with van der Waals surface area (Å²) in [7, 11) is -2.12. The summed E-state index contributed by atoms with van der Waals surface area (Å²) in [5.41, 5.74) is 1.50. The molecule has 3 aromatic rings. The van der Waals surface area contributed by atoms with Crippen molar-refractivity contribution in [3.05, 3.63) is 84.3 Å². The molecule has 0 fully saturated rings. The zero-order chi connectivity index (χ0) is 21.7. The number of sulfonamides is 1. The molecule has 1 heterocycles. The van der Waals surface area contributed by atoms with Gasteiger partial charge in [-0.3, -0.25) is 9.10 Å². The van der Waals surface area contributed by atoms with Crippen molar-refractivity contribution in [3.63, 3.8) is 0 Å². The predicted molar refractivity (Wildman–Crippen MR) is 117 cm³/mol. The fraction of sp³-hybridized carbons (Fsp3) is 0.261. The molecule has 2 aromatic carbocycles. The van der Waals surface area contributed by atoms with Gasteiger partial charge in [-0.25, -0.2) is 8.42 Å². The Hall–Kier alpha value is -3.06. The van der Waals surface area contributed by atoms with E-state index in [1.165, 1.54) is 4.31 Å². The second-order valence-corrected chi connectivity index (χ2v) is 9.03. The van der Waals surface area contributed by atoms with E-state index in [1.54, 1.807) is 72.8 Å². The van der Waals surface area contributed by atoms with Gasteiger partial charge >= 0.3 is 0 Å². The van der Waals surface area contributed by atoms with Crippen molar-refractivity contribution < 1.29 is 17.6 Å². The normalized spacial score (nSPS) is 12.4. The van der Waals surface area contributed by atoms with Gasteiger partial charge in [-0.05, 0) is 50.2 Å². The zero-order valence-corrected chi connectivity index (χ0v) is 18.2. The van der Waals surface area contributed by atoms with Gasteiger partial charge in [0.1, 0.15) is 5.76 Å². The first-order chi connectivity index (χ1) is 14.3. The summed E-state index contributed by atoms with van der Waals surface area (Å²) < 4.78 is 33.3. The summed E-state index contributed by atoms with van der Waals surface area (Å²) in [5, 5.41) is 0. The number of carbonyl (C=O) groups is 1. The van der Waals surface area contributed by atoms with Crippen LogP contribution in [0.4, 0.5) is 5.69 Å². The molecule has 158 valence electrons. The number of hydrogen-bond acceptors (Lipinski definition) is 4. The smallest absolute Gasteiger partial charge is 0.264 e. The Balaban J connectivity index is 1.82. The van der Waals surface area contributed by atoms with Crippen LogP contribution in [0.5, 0.6) is 0 Å². The Kier molecular flexibility index (Phi) is 6.62. The summed E-state index contributed by atoms with van der Waals surface area (Å²) in [6.07, 6.45) is 1.61. The van der Waals surface area contributed by atoms with Crippen molar-refractivity contribution in [3.8, 4) is 0 Å². The summed E-state index contributed by atoms with van der Waals surface area (Å²) in [4.78, 5) is 14.6. The highest BCUT2D eigenvalue weighted by Gasteiger charge is 2.27. The van der Waals surface area contributed by atoms with Crippen molar-refractivity contribution in [2.24, 2.45) is 0 Å². The van der Waals surface area contributed by atoms with Crippen molar-refractivity contribution in [2.45, 2.75) is 31.2 Å². The SMILES string of the molecule is Cc1ccc(S(=O)(=O)N(CCC(=O)N(C)C(C)c2ccco2)c2ccccc2)cc1. The van der Waals surface area contributed by atoms with E-state index in [1.807, 2.05) is 26.0 Å². The van der Waals surface area contributed by atoms with Crippen molar-refractivity contribution >= 4 is 21.6 Å². The lowest BCUT2D eigenvalue weighted by atomic mass is 10.2. The number of aryl methyl sites for hydroxylation is 1. The molecule has 30 heavy (non-hydrogen) atoms. The van der Waals surface area contributed by atoms with Crippen LogP contribution in [0.15, 0.2) is 82.3 Å². The minimum Gasteiger partial charge on any atom is -0.467 e. The molecule has 0 aliphatic heterocycles. The third-order valence-electron chi connectivity index (χ3n) is 5.11. The standard InChI is InChI=1S/C23H26N2O4S/c1-18-11-13-21(14-12-18)30(27,28)25(20-8-5-4-6-9-20)16-15-23(26)24(3)19(2)22-10-7-17-29-22/h4-14,17,19H,15-16H2,1-3H3. The van der Waals surface area contributed by atoms with Crippen molar-refractivity contribution in [1.29, 1.82) is 0 Å². The van der Waals surface area contributed by atoms with Gasteiger partial charge in [0.15, 0.2) is 0 Å². The lowest BCUT2D eigenvalue weighted by Crippen LogP contribution is -2.36. The van der Waals surface area contributed by atoms with Gasteiger partial charge in [0.25, 0.3) is 10.0 Å². The Morgan fingerprint density at radius 2 is 1.67 bits per heavy atom. The van der Waals surface area contributed by atoms with Crippen LogP contribution in [0.3, 0.4) is 0 Å². The second kappa shape index (κ2) is 9.17. The van der Waals surface area contributed by atoms with Gasteiger partial charge in [-0.15, -0.1) is 0 Å². The number of hydrogen-bond donors (Lipinski definition) is 0. The highest BCUT2D eigenvalue weighted by atomic mass is 32.2. The highest BCUT2D eigenvalue weighted by Crippen LogP contribution is 2.25. The van der Waals surface area contributed by atoms with Crippen LogP contribution in [-0.4, -0.2) is 32.8 Å². The number of carbonyl (C=O) groups excluding carboxylic acids is 1. The maximum atomic E-state index is 13.3. The van der Waals surface area contributed by atoms with E-state index in [0.29, 0.717) is 11.4 Å². The Morgan fingerprint density at radius 3 is 2.27 bits per heavy atom. The Labute approximate surface area is 177 Å². The number of para-hydroxylation sites is 1. The largest absolute Gasteiger partial charge is 0.467 e. The molecule has 1 aromatic heterocycles. The fourth-order valence-corrected chi connectivity index (χ4v) is 4.59. The molecular weight excluding hydrogens is 400 g/mol. The number of benzene rings is 2. The molecule has 3 rings (SSSR count). The topological polar surface area (TPSA) is 70.8 Å². The molecule has 6 nitrogen and oxygen atoms in total. The molecule has 1 unspecified atom stereocenters.